The molecule has 0 amide bonds. The van der Waals surface area contributed by atoms with Crippen molar-refractivity contribution in [2.75, 3.05) is 45.9 Å². The summed E-state index contributed by atoms with van der Waals surface area (Å²) in [5.74, 6) is 0.834. The van der Waals surface area contributed by atoms with Crippen LogP contribution in [0.1, 0.15) is 18.1 Å². The molecule has 0 radical (unpaired) electrons. The molecule has 7 heteroatoms. The Hall–Kier alpha value is -2.64. The first-order valence-electron chi connectivity index (χ1n) is 10.3. The molecule has 2 aromatic rings. The first-order chi connectivity index (χ1) is 14.2. The summed E-state index contributed by atoms with van der Waals surface area (Å²) in [6, 6.07) is 13.5. The molecule has 0 atom stereocenters. The second-order valence-electron chi connectivity index (χ2n) is 7.06. The van der Waals surface area contributed by atoms with Gasteiger partial charge in [0.2, 0.25) is 0 Å². The maximum absolute atomic E-state index is 11.8. The van der Waals surface area contributed by atoms with Crippen molar-refractivity contribution in [3.63, 3.8) is 0 Å². The van der Waals surface area contributed by atoms with Gasteiger partial charge in [-0.3, -0.25) is 9.69 Å². The van der Waals surface area contributed by atoms with Crippen molar-refractivity contribution in [1.82, 2.24) is 20.1 Å². The molecule has 0 saturated carbocycles. The number of morpholine rings is 1. The van der Waals surface area contributed by atoms with Gasteiger partial charge in [-0.2, -0.15) is 0 Å². The highest BCUT2D eigenvalue weighted by Gasteiger charge is 2.09. The quantitative estimate of drug-likeness (QED) is 0.519. The lowest BCUT2D eigenvalue weighted by Gasteiger charge is -2.26. The van der Waals surface area contributed by atoms with Crippen LogP contribution >= 0.6 is 0 Å². The Labute approximate surface area is 172 Å². The average molecular weight is 398 g/mol. The fourth-order valence-corrected chi connectivity index (χ4v) is 3.21. The van der Waals surface area contributed by atoms with Crippen molar-refractivity contribution in [2.45, 2.75) is 20.0 Å². The van der Waals surface area contributed by atoms with Gasteiger partial charge in [-0.1, -0.05) is 30.3 Å². The van der Waals surface area contributed by atoms with Gasteiger partial charge in [0.25, 0.3) is 5.56 Å². The predicted molar refractivity (Wildman–Crippen MR) is 116 cm³/mol. The minimum absolute atomic E-state index is 0.0135. The van der Waals surface area contributed by atoms with Crippen LogP contribution in [0.3, 0.4) is 0 Å². The Morgan fingerprint density at radius 1 is 1.07 bits per heavy atom. The molecule has 0 spiro atoms. The minimum atomic E-state index is 0.0135. The van der Waals surface area contributed by atoms with Gasteiger partial charge in [0.15, 0.2) is 5.96 Å². The summed E-state index contributed by atoms with van der Waals surface area (Å²) in [5, 5.41) is 6.71. The molecule has 0 bridgehead atoms. The van der Waals surface area contributed by atoms with Crippen molar-refractivity contribution in [3.8, 4) is 0 Å². The second-order valence-corrected chi connectivity index (χ2v) is 7.06. The zero-order valence-corrected chi connectivity index (χ0v) is 17.1. The number of hydrogen-bond donors (Lipinski definition) is 2. The van der Waals surface area contributed by atoms with Gasteiger partial charge in [0.1, 0.15) is 0 Å². The van der Waals surface area contributed by atoms with Crippen molar-refractivity contribution >= 4 is 5.96 Å². The van der Waals surface area contributed by atoms with E-state index in [9.17, 15) is 4.79 Å². The number of hydrogen-bond acceptors (Lipinski definition) is 4. The SMILES string of the molecule is CCNC(=NCc1ccc(Cn2ccccc2=O)cc1)NCCN1CCOCC1. The molecule has 1 aromatic heterocycles. The molecule has 3 rings (SSSR count). The predicted octanol–water partition coefficient (Wildman–Crippen LogP) is 1.28. The standard InChI is InChI=1S/C22H31N5O2/c1-2-23-22(24-10-12-26-13-15-29-16-14-26)25-17-19-6-8-20(9-7-19)18-27-11-4-3-5-21(27)28/h3-9,11H,2,10,12-18H2,1H3,(H2,23,24,25). The van der Waals surface area contributed by atoms with Crippen LogP contribution in [0.25, 0.3) is 0 Å². The monoisotopic (exact) mass is 397 g/mol. The number of ether oxygens (including phenoxy) is 1. The second kappa shape index (κ2) is 11.4. The molecule has 156 valence electrons. The van der Waals surface area contributed by atoms with Crippen LogP contribution < -0.4 is 16.2 Å². The smallest absolute Gasteiger partial charge is 0.250 e. The lowest BCUT2D eigenvalue weighted by Crippen LogP contribution is -2.44. The van der Waals surface area contributed by atoms with Crippen LogP contribution in [0, 0.1) is 0 Å². The summed E-state index contributed by atoms with van der Waals surface area (Å²) in [4.78, 5) is 18.9. The molecule has 1 fully saturated rings. The van der Waals surface area contributed by atoms with Crippen LogP contribution in [0.15, 0.2) is 58.4 Å². The summed E-state index contributed by atoms with van der Waals surface area (Å²) in [5.41, 5.74) is 2.25. The van der Waals surface area contributed by atoms with E-state index in [0.29, 0.717) is 13.1 Å². The van der Waals surface area contributed by atoms with E-state index < -0.39 is 0 Å². The van der Waals surface area contributed by atoms with E-state index in [1.54, 1.807) is 16.7 Å². The van der Waals surface area contributed by atoms with Crippen LogP contribution in [-0.2, 0) is 17.8 Å². The Bertz CT molecular complexity index is 826. The third kappa shape index (κ3) is 7.03. The highest BCUT2D eigenvalue weighted by atomic mass is 16.5. The number of aromatic nitrogens is 1. The number of guanidine groups is 1. The van der Waals surface area contributed by atoms with Crippen molar-refractivity contribution in [2.24, 2.45) is 4.99 Å². The van der Waals surface area contributed by atoms with Gasteiger partial charge >= 0.3 is 0 Å². The third-order valence-corrected chi connectivity index (χ3v) is 4.86. The van der Waals surface area contributed by atoms with Gasteiger partial charge in [-0.25, -0.2) is 4.99 Å². The molecule has 1 aliphatic heterocycles. The van der Waals surface area contributed by atoms with E-state index in [0.717, 1.165) is 63.0 Å². The third-order valence-electron chi connectivity index (χ3n) is 4.86. The minimum Gasteiger partial charge on any atom is -0.379 e. The fourth-order valence-electron chi connectivity index (χ4n) is 3.21. The molecule has 7 nitrogen and oxygen atoms in total. The lowest BCUT2D eigenvalue weighted by molar-refractivity contribution is 0.0389. The molecule has 1 aromatic carbocycles. The van der Waals surface area contributed by atoms with Gasteiger partial charge in [-0.05, 0) is 24.1 Å². The van der Waals surface area contributed by atoms with E-state index in [1.807, 2.05) is 12.3 Å². The molecule has 1 saturated heterocycles. The first-order valence-corrected chi connectivity index (χ1v) is 10.3. The van der Waals surface area contributed by atoms with Gasteiger partial charge in [0, 0.05) is 45.0 Å². The Kier molecular flexibility index (Phi) is 8.27. The summed E-state index contributed by atoms with van der Waals surface area (Å²) in [6.45, 7) is 9.57. The Morgan fingerprint density at radius 2 is 1.83 bits per heavy atom. The van der Waals surface area contributed by atoms with E-state index in [2.05, 4.69) is 46.7 Å². The topological polar surface area (TPSA) is 70.9 Å². The summed E-state index contributed by atoms with van der Waals surface area (Å²) in [7, 11) is 0. The van der Waals surface area contributed by atoms with Crippen LogP contribution in [-0.4, -0.2) is 61.4 Å². The molecular weight excluding hydrogens is 366 g/mol. The highest BCUT2D eigenvalue weighted by Crippen LogP contribution is 2.07. The molecular formula is C22H31N5O2. The number of aliphatic imine (C=N–C) groups is 1. The number of benzene rings is 1. The van der Waals surface area contributed by atoms with Crippen LogP contribution in [0.5, 0.6) is 0 Å². The van der Waals surface area contributed by atoms with Crippen molar-refractivity contribution in [3.05, 3.63) is 70.1 Å². The zero-order chi connectivity index (χ0) is 20.3. The van der Waals surface area contributed by atoms with Crippen LogP contribution in [0.2, 0.25) is 0 Å². The number of pyridine rings is 1. The molecule has 0 aliphatic carbocycles. The number of nitrogens with zero attached hydrogens (tertiary/aromatic N) is 3. The molecule has 29 heavy (non-hydrogen) atoms. The largest absolute Gasteiger partial charge is 0.379 e. The lowest BCUT2D eigenvalue weighted by atomic mass is 10.1. The van der Waals surface area contributed by atoms with Gasteiger partial charge in [-0.15, -0.1) is 0 Å². The van der Waals surface area contributed by atoms with Crippen LogP contribution in [0.4, 0.5) is 0 Å². The maximum atomic E-state index is 11.8. The Morgan fingerprint density at radius 3 is 2.55 bits per heavy atom. The Balaban J connectivity index is 1.50. The van der Waals surface area contributed by atoms with Crippen molar-refractivity contribution < 1.29 is 4.74 Å². The fraction of sp³-hybridized carbons (Fsp3) is 0.455. The molecule has 1 aliphatic rings. The van der Waals surface area contributed by atoms with E-state index >= 15 is 0 Å². The summed E-state index contributed by atoms with van der Waals surface area (Å²) < 4.78 is 7.09. The van der Waals surface area contributed by atoms with E-state index in [1.165, 1.54) is 0 Å². The number of nitrogens with one attached hydrogen (secondary N) is 2. The maximum Gasteiger partial charge on any atom is 0.250 e. The molecule has 2 heterocycles. The van der Waals surface area contributed by atoms with Gasteiger partial charge < -0.3 is 19.9 Å². The highest BCUT2D eigenvalue weighted by molar-refractivity contribution is 5.79. The van der Waals surface area contributed by atoms with Gasteiger partial charge in [0.05, 0.1) is 26.3 Å². The molecule has 0 unspecified atom stereocenters. The van der Waals surface area contributed by atoms with Crippen molar-refractivity contribution in [1.29, 1.82) is 0 Å². The average Bonchev–Trinajstić information content (AvgIpc) is 2.75. The summed E-state index contributed by atoms with van der Waals surface area (Å²) in [6.07, 6.45) is 1.81. The normalized spacial score (nSPS) is 15.3. The number of rotatable bonds is 8. The zero-order valence-electron chi connectivity index (χ0n) is 17.1. The summed E-state index contributed by atoms with van der Waals surface area (Å²) >= 11 is 0. The first kappa shape index (κ1) is 21.1. The van der Waals surface area contributed by atoms with E-state index in [-0.39, 0.29) is 5.56 Å². The van der Waals surface area contributed by atoms with E-state index in [4.69, 9.17) is 9.73 Å². The molecule has 2 N–H and O–H groups in total.